The zero-order chi connectivity index (χ0) is 17.8. The highest BCUT2D eigenvalue weighted by atomic mass is 16.5. The highest BCUT2D eigenvalue weighted by molar-refractivity contribution is 5.59. The van der Waals surface area contributed by atoms with Crippen molar-refractivity contribution in [2.45, 2.75) is 25.8 Å². The van der Waals surface area contributed by atoms with Crippen LogP contribution in [0.25, 0.3) is 11.3 Å². The number of hydrogen-bond acceptors (Lipinski definition) is 4. The molecule has 1 aliphatic rings. The van der Waals surface area contributed by atoms with E-state index < -0.39 is 0 Å². The van der Waals surface area contributed by atoms with Crippen molar-refractivity contribution in [3.63, 3.8) is 0 Å². The first-order chi connectivity index (χ1) is 12.8. The first kappa shape index (κ1) is 16.8. The van der Waals surface area contributed by atoms with Crippen LogP contribution in [0.3, 0.4) is 0 Å². The minimum atomic E-state index is 0.119. The molecule has 5 heteroatoms. The molecule has 1 N–H and O–H groups in total. The van der Waals surface area contributed by atoms with Crippen LogP contribution in [0.2, 0.25) is 0 Å². The lowest BCUT2D eigenvalue weighted by atomic mass is 10.1. The molecule has 2 heterocycles. The Balaban J connectivity index is 1.40. The molecule has 0 bridgehead atoms. The largest absolute Gasteiger partial charge is 0.496 e. The van der Waals surface area contributed by atoms with E-state index in [2.05, 4.69) is 45.2 Å². The number of nitrogens with one attached hydrogen (secondary N) is 1. The molecule has 3 aromatic rings. The Labute approximate surface area is 153 Å². The van der Waals surface area contributed by atoms with Gasteiger partial charge in [0.15, 0.2) is 0 Å². The van der Waals surface area contributed by atoms with Gasteiger partial charge in [-0.2, -0.15) is 0 Å². The summed E-state index contributed by atoms with van der Waals surface area (Å²) in [6, 6.07) is 18.5. The second-order valence-electron chi connectivity index (χ2n) is 6.41. The van der Waals surface area contributed by atoms with Crippen molar-refractivity contribution in [2.24, 2.45) is 0 Å². The van der Waals surface area contributed by atoms with Crippen molar-refractivity contribution in [3.8, 4) is 17.0 Å². The molecule has 0 amide bonds. The predicted molar refractivity (Wildman–Crippen MR) is 101 cm³/mol. The predicted octanol–water partition coefficient (Wildman–Crippen LogP) is 3.25. The number of aromatic nitrogens is 2. The van der Waals surface area contributed by atoms with Gasteiger partial charge in [-0.1, -0.05) is 48.5 Å². The Morgan fingerprint density at radius 2 is 1.96 bits per heavy atom. The van der Waals surface area contributed by atoms with Gasteiger partial charge in [-0.15, -0.1) is 0 Å². The quantitative estimate of drug-likeness (QED) is 0.742. The van der Waals surface area contributed by atoms with E-state index in [1.165, 1.54) is 5.56 Å². The van der Waals surface area contributed by atoms with E-state index in [-0.39, 0.29) is 6.10 Å². The van der Waals surface area contributed by atoms with Crippen molar-refractivity contribution in [1.29, 1.82) is 0 Å². The first-order valence-electron chi connectivity index (χ1n) is 8.89. The van der Waals surface area contributed by atoms with Gasteiger partial charge in [-0.3, -0.25) is 0 Å². The summed E-state index contributed by atoms with van der Waals surface area (Å²) in [5.41, 5.74) is 3.49. The van der Waals surface area contributed by atoms with Crippen LogP contribution in [0.1, 0.15) is 11.4 Å². The standard InChI is InChI=1S/C21H23N3O2/c1-25-20-10-6-5-9-17(20)11-22-12-18-14-24-19(13-23-21(24)15-26-18)16-7-3-2-4-8-16/h2-10,13,18,22H,11-12,14-15H2,1H3/t18-/m0/s1. The van der Waals surface area contributed by atoms with Crippen molar-refractivity contribution in [3.05, 3.63) is 72.2 Å². The molecule has 0 spiro atoms. The molecule has 1 aliphatic heterocycles. The first-order valence-corrected chi connectivity index (χ1v) is 8.89. The molecule has 0 unspecified atom stereocenters. The molecule has 0 saturated carbocycles. The van der Waals surface area contributed by atoms with E-state index in [0.29, 0.717) is 6.61 Å². The summed E-state index contributed by atoms with van der Waals surface area (Å²) in [6.45, 7) is 2.89. The Morgan fingerprint density at radius 3 is 2.81 bits per heavy atom. The molecule has 0 fully saturated rings. The molecule has 5 nitrogen and oxygen atoms in total. The molecular weight excluding hydrogens is 326 g/mol. The fourth-order valence-electron chi connectivity index (χ4n) is 3.36. The van der Waals surface area contributed by atoms with Crippen molar-refractivity contribution < 1.29 is 9.47 Å². The average Bonchev–Trinajstić information content (AvgIpc) is 3.12. The van der Waals surface area contributed by atoms with Crippen LogP contribution in [0, 0.1) is 0 Å². The molecule has 2 aromatic carbocycles. The van der Waals surface area contributed by atoms with E-state index in [1.54, 1.807) is 7.11 Å². The molecule has 1 aromatic heterocycles. The fraction of sp³-hybridized carbons (Fsp3) is 0.286. The molecule has 134 valence electrons. The van der Waals surface area contributed by atoms with Gasteiger partial charge in [0.2, 0.25) is 0 Å². The third-order valence-corrected chi connectivity index (χ3v) is 4.72. The Bertz CT molecular complexity index is 861. The Hall–Kier alpha value is -2.63. The van der Waals surface area contributed by atoms with Crippen LogP contribution in [-0.4, -0.2) is 29.3 Å². The number of imidazole rings is 1. The maximum Gasteiger partial charge on any atom is 0.135 e. The smallest absolute Gasteiger partial charge is 0.135 e. The minimum Gasteiger partial charge on any atom is -0.496 e. The third kappa shape index (κ3) is 3.49. The molecule has 4 rings (SSSR count). The van der Waals surface area contributed by atoms with Gasteiger partial charge in [0.1, 0.15) is 18.2 Å². The summed E-state index contributed by atoms with van der Waals surface area (Å²) >= 11 is 0. The van der Waals surface area contributed by atoms with Crippen LogP contribution in [0.15, 0.2) is 60.8 Å². The summed E-state index contributed by atoms with van der Waals surface area (Å²) in [4.78, 5) is 4.52. The van der Waals surface area contributed by atoms with Gasteiger partial charge in [0, 0.05) is 18.7 Å². The minimum absolute atomic E-state index is 0.119. The SMILES string of the molecule is COc1ccccc1CNC[C@H]1Cn2c(-c3ccccc3)cnc2CO1. The van der Waals surface area contributed by atoms with Gasteiger partial charge in [0.25, 0.3) is 0 Å². The molecule has 0 saturated heterocycles. The van der Waals surface area contributed by atoms with Gasteiger partial charge >= 0.3 is 0 Å². The number of fused-ring (bicyclic) bond motifs is 1. The van der Waals surface area contributed by atoms with Crippen molar-refractivity contribution in [1.82, 2.24) is 14.9 Å². The number of rotatable bonds is 6. The lowest BCUT2D eigenvalue weighted by molar-refractivity contribution is 0.00324. The highest BCUT2D eigenvalue weighted by Gasteiger charge is 2.22. The summed E-state index contributed by atoms with van der Waals surface area (Å²) in [6.07, 6.45) is 2.06. The third-order valence-electron chi connectivity index (χ3n) is 4.72. The number of methoxy groups -OCH3 is 1. The van der Waals surface area contributed by atoms with Gasteiger partial charge < -0.3 is 19.4 Å². The van der Waals surface area contributed by atoms with E-state index in [9.17, 15) is 0 Å². The molecule has 1 atom stereocenters. The summed E-state index contributed by atoms with van der Waals surface area (Å²) < 4.78 is 13.6. The zero-order valence-corrected chi connectivity index (χ0v) is 14.9. The maximum absolute atomic E-state index is 5.97. The van der Waals surface area contributed by atoms with Crippen molar-refractivity contribution in [2.75, 3.05) is 13.7 Å². The summed E-state index contributed by atoms with van der Waals surface area (Å²) in [5, 5.41) is 3.49. The van der Waals surface area contributed by atoms with Gasteiger partial charge in [0.05, 0.1) is 31.6 Å². The van der Waals surface area contributed by atoms with Crippen molar-refractivity contribution >= 4 is 0 Å². The Kier molecular flexibility index (Phi) is 5.00. The van der Waals surface area contributed by atoms with Crippen LogP contribution >= 0.6 is 0 Å². The van der Waals surface area contributed by atoms with Gasteiger partial charge in [-0.05, 0) is 11.6 Å². The molecule has 0 radical (unpaired) electrons. The van der Waals surface area contributed by atoms with E-state index in [4.69, 9.17) is 9.47 Å². The van der Waals surface area contributed by atoms with Crippen LogP contribution in [-0.2, 0) is 24.4 Å². The molecular formula is C21H23N3O2. The van der Waals surface area contributed by atoms with E-state index in [1.807, 2.05) is 30.5 Å². The molecule has 0 aliphatic carbocycles. The monoisotopic (exact) mass is 349 g/mol. The van der Waals surface area contributed by atoms with E-state index in [0.717, 1.165) is 42.5 Å². The summed E-state index contributed by atoms with van der Waals surface area (Å²) in [5.74, 6) is 1.90. The number of para-hydroxylation sites is 1. The van der Waals surface area contributed by atoms with E-state index >= 15 is 0 Å². The zero-order valence-electron chi connectivity index (χ0n) is 14.9. The number of ether oxygens (including phenoxy) is 2. The number of hydrogen-bond donors (Lipinski definition) is 1. The van der Waals surface area contributed by atoms with Gasteiger partial charge in [-0.25, -0.2) is 4.98 Å². The second kappa shape index (κ2) is 7.72. The normalized spacial score (nSPS) is 16.3. The molecule has 26 heavy (non-hydrogen) atoms. The lowest BCUT2D eigenvalue weighted by Crippen LogP contribution is -2.36. The topological polar surface area (TPSA) is 48.3 Å². The number of benzene rings is 2. The second-order valence-corrected chi connectivity index (χ2v) is 6.41. The number of nitrogens with zero attached hydrogens (tertiary/aromatic N) is 2. The summed E-state index contributed by atoms with van der Waals surface area (Å²) in [7, 11) is 1.70. The highest BCUT2D eigenvalue weighted by Crippen LogP contribution is 2.24. The van der Waals surface area contributed by atoms with Crippen LogP contribution < -0.4 is 10.1 Å². The Morgan fingerprint density at radius 1 is 1.15 bits per heavy atom. The van der Waals surface area contributed by atoms with Crippen LogP contribution in [0.5, 0.6) is 5.75 Å². The fourth-order valence-corrected chi connectivity index (χ4v) is 3.36. The lowest BCUT2D eigenvalue weighted by Gasteiger charge is -2.26. The average molecular weight is 349 g/mol. The maximum atomic E-state index is 5.97. The van der Waals surface area contributed by atoms with Crippen LogP contribution in [0.4, 0.5) is 0 Å².